The average Bonchev–Trinajstić information content (AvgIpc) is 3.26. The number of amides is 2. The molecule has 3 unspecified atom stereocenters. The number of nitrogens with zero attached hydrogens (tertiary/aromatic N) is 3. The van der Waals surface area contributed by atoms with Crippen LogP contribution in [0.4, 0.5) is 9.18 Å². The van der Waals surface area contributed by atoms with Gasteiger partial charge >= 0.3 is 6.09 Å². The monoisotopic (exact) mass is 449 g/mol. The minimum Gasteiger partial charge on any atom is -0.443 e. The zero-order valence-electron chi connectivity index (χ0n) is 18.5. The van der Waals surface area contributed by atoms with Crippen molar-refractivity contribution < 1.29 is 23.5 Å². The summed E-state index contributed by atoms with van der Waals surface area (Å²) in [4.78, 5) is 29.2. The molecule has 0 spiro atoms. The van der Waals surface area contributed by atoms with E-state index in [2.05, 4.69) is 15.6 Å². The molecule has 0 saturated carbocycles. The van der Waals surface area contributed by atoms with Crippen molar-refractivity contribution in [2.24, 2.45) is 0 Å². The van der Waals surface area contributed by atoms with Crippen LogP contribution < -0.4 is 10.7 Å². The van der Waals surface area contributed by atoms with Gasteiger partial charge in [0.15, 0.2) is 6.30 Å². The zero-order chi connectivity index (χ0) is 22.6. The van der Waals surface area contributed by atoms with Gasteiger partial charge in [0.1, 0.15) is 11.5 Å². The number of hydrogen-bond acceptors (Lipinski definition) is 7. The van der Waals surface area contributed by atoms with Crippen LogP contribution in [-0.4, -0.2) is 105 Å². The Balaban J connectivity index is 1.36. The molecule has 0 radical (unpaired) electrons. The Labute approximate surface area is 187 Å². The highest BCUT2D eigenvalue weighted by molar-refractivity contribution is 5.89. The first-order chi connectivity index (χ1) is 15.5. The van der Waals surface area contributed by atoms with Crippen molar-refractivity contribution in [3.63, 3.8) is 0 Å². The fraction of sp³-hybridized carbons (Fsp3) is 0.636. The predicted molar refractivity (Wildman–Crippen MR) is 116 cm³/mol. The molecule has 0 bridgehead atoms. The lowest BCUT2D eigenvalue weighted by Crippen LogP contribution is -2.62. The molecule has 2 N–H and O–H groups in total. The number of cyclic esters (lactones) is 1. The Hall–Kier alpha value is -2.27. The van der Waals surface area contributed by atoms with Gasteiger partial charge in [-0.2, -0.15) is 0 Å². The van der Waals surface area contributed by atoms with Gasteiger partial charge in [0.25, 0.3) is 0 Å². The van der Waals surface area contributed by atoms with Crippen LogP contribution in [0.15, 0.2) is 30.3 Å². The second kappa shape index (κ2) is 10.1. The number of nitrogens with one attached hydrogen (secondary N) is 2. The maximum atomic E-state index is 14.9. The summed E-state index contributed by atoms with van der Waals surface area (Å²) in [6.45, 7) is 7.79. The number of hydrogen-bond donors (Lipinski definition) is 2. The summed E-state index contributed by atoms with van der Waals surface area (Å²) < 4.78 is 25.6. The lowest BCUT2D eigenvalue weighted by molar-refractivity contribution is -0.137. The fourth-order valence-corrected chi connectivity index (χ4v) is 4.44. The van der Waals surface area contributed by atoms with Gasteiger partial charge in [0, 0.05) is 39.3 Å². The molecule has 3 saturated heterocycles. The highest BCUT2D eigenvalue weighted by Crippen LogP contribution is 2.32. The minimum absolute atomic E-state index is 0.0857. The zero-order valence-corrected chi connectivity index (χ0v) is 18.5. The third-order valence-electron chi connectivity index (χ3n) is 6.66. The Kier molecular flexibility index (Phi) is 7.24. The SMILES string of the molecule is CC(C(=O)NN1CCN(CCN2CCOCC2)C(F)C1)(c1ccccc1)C1CNC(=O)O1. The van der Waals surface area contributed by atoms with Crippen molar-refractivity contribution in [1.29, 1.82) is 0 Å². The number of ether oxygens (including phenoxy) is 2. The molecule has 1 aromatic rings. The molecule has 9 nitrogen and oxygen atoms in total. The maximum absolute atomic E-state index is 14.9. The largest absolute Gasteiger partial charge is 0.443 e. The molecule has 2 amide bonds. The van der Waals surface area contributed by atoms with Gasteiger partial charge in [-0.3, -0.25) is 20.0 Å². The summed E-state index contributed by atoms with van der Waals surface area (Å²) >= 11 is 0. The molecule has 10 heteroatoms. The van der Waals surface area contributed by atoms with E-state index in [9.17, 15) is 14.0 Å². The molecule has 32 heavy (non-hydrogen) atoms. The number of halogens is 1. The van der Waals surface area contributed by atoms with Crippen molar-refractivity contribution in [2.45, 2.75) is 24.7 Å². The summed E-state index contributed by atoms with van der Waals surface area (Å²) in [5.41, 5.74) is 2.51. The van der Waals surface area contributed by atoms with Crippen LogP contribution in [0.1, 0.15) is 12.5 Å². The van der Waals surface area contributed by atoms with E-state index in [4.69, 9.17) is 9.47 Å². The fourth-order valence-electron chi connectivity index (χ4n) is 4.44. The van der Waals surface area contributed by atoms with Crippen LogP contribution >= 0.6 is 0 Å². The lowest BCUT2D eigenvalue weighted by Gasteiger charge is -2.40. The van der Waals surface area contributed by atoms with Gasteiger partial charge < -0.3 is 14.8 Å². The highest BCUT2D eigenvalue weighted by atomic mass is 19.1. The van der Waals surface area contributed by atoms with Gasteiger partial charge in [0.05, 0.1) is 26.3 Å². The van der Waals surface area contributed by atoms with Crippen molar-refractivity contribution in [2.75, 3.05) is 65.6 Å². The standard InChI is InChI=1S/C22H32FN5O4/c1-22(17-5-3-2-4-6-17,18-15-24-21(30)32-18)20(29)25-28-10-9-27(19(23)16-28)8-7-26-11-13-31-14-12-26/h2-6,18-19H,7-16H2,1H3,(H,24,30)(H,25,29). The van der Waals surface area contributed by atoms with E-state index in [0.29, 0.717) is 19.6 Å². The van der Waals surface area contributed by atoms with Gasteiger partial charge in [0.2, 0.25) is 5.91 Å². The Bertz CT molecular complexity index is 794. The summed E-state index contributed by atoms with van der Waals surface area (Å²) in [6.07, 6.45) is -2.37. The first kappa shape index (κ1) is 22.9. The molecule has 3 atom stereocenters. The number of hydrazine groups is 1. The van der Waals surface area contributed by atoms with Gasteiger partial charge in [-0.05, 0) is 12.5 Å². The summed E-state index contributed by atoms with van der Waals surface area (Å²) in [5, 5.41) is 4.25. The van der Waals surface area contributed by atoms with Gasteiger partial charge in [-0.25, -0.2) is 14.2 Å². The van der Waals surface area contributed by atoms with E-state index < -0.39 is 23.9 Å². The molecule has 0 aromatic heterocycles. The quantitative estimate of drug-likeness (QED) is 0.580. The smallest absolute Gasteiger partial charge is 0.407 e. The molecule has 3 fully saturated rings. The van der Waals surface area contributed by atoms with Crippen LogP contribution in [0.2, 0.25) is 0 Å². The highest BCUT2D eigenvalue weighted by Gasteiger charge is 2.48. The summed E-state index contributed by atoms with van der Waals surface area (Å²) in [7, 11) is 0. The molecule has 176 valence electrons. The van der Waals surface area contributed by atoms with E-state index in [0.717, 1.165) is 38.4 Å². The molecule has 3 heterocycles. The molecular formula is C22H32FN5O4. The van der Waals surface area contributed by atoms with Crippen LogP contribution in [0.3, 0.4) is 0 Å². The first-order valence-electron chi connectivity index (χ1n) is 11.2. The van der Waals surface area contributed by atoms with Crippen LogP contribution in [-0.2, 0) is 19.7 Å². The average molecular weight is 450 g/mol. The molecule has 1 aromatic carbocycles. The molecular weight excluding hydrogens is 417 g/mol. The minimum atomic E-state index is -1.17. The second-order valence-corrected chi connectivity index (χ2v) is 8.65. The predicted octanol–water partition coefficient (Wildman–Crippen LogP) is 0.329. The molecule has 3 aliphatic heterocycles. The maximum Gasteiger partial charge on any atom is 0.407 e. The number of alkyl carbamates (subject to hydrolysis) is 1. The van der Waals surface area contributed by atoms with E-state index in [1.165, 1.54) is 0 Å². The number of alkyl halides is 1. The Morgan fingerprint density at radius 2 is 1.94 bits per heavy atom. The van der Waals surface area contributed by atoms with Crippen molar-refractivity contribution in [3.8, 4) is 0 Å². The van der Waals surface area contributed by atoms with E-state index in [1.54, 1.807) is 11.9 Å². The van der Waals surface area contributed by atoms with Crippen molar-refractivity contribution in [3.05, 3.63) is 35.9 Å². The van der Waals surface area contributed by atoms with Crippen LogP contribution in [0.25, 0.3) is 0 Å². The van der Waals surface area contributed by atoms with E-state index in [1.807, 2.05) is 35.2 Å². The topological polar surface area (TPSA) is 86.4 Å². The Morgan fingerprint density at radius 3 is 2.59 bits per heavy atom. The first-order valence-corrected chi connectivity index (χ1v) is 11.2. The number of morpholine rings is 1. The Morgan fingerprint density at radius 1 is 1.19 bits per heavy atom. The number of benzene rings is 1. The van der Waals surface area contributed by atoms with Crippen LogP contribution in [0, 0.1) is 0 Å². The van der Waals surface area contributed by atoms with E-state index in [-0.39, 0.29) is 19.0 Å². The molecule has 4 rings (SSSR count). The lowest BCUT2D eigenvalue weighted by atomic mass is 9.76. The third-order valence-corrected chi connectivity index (χ3v) is 6.66. The second-order valence-electron chi connectivity index (χ2n) is 8.65. The number of rotatable bonds is 7. The summed E-state index contributed by atoms with van der Waals surface area (Å²) in [6, 6.07) is 9.23. The van der Waals surface area contributed by atoms with Crippen LogP contribution in [0.5, 0.6) is 0 Å². The van der Waals surface area contributed by atoms with Crippen molar-refractivity contribution >= 4 is 12.0 Å². The number of carbonyl (C=O) groups excluding carboxylic acids is 2. The summed E-state index contributed by atoms with van der Waals surface area (Å²) in [5.74, 6) is -0.320. The van der Waals surface area contributed by atoms with Gasteiger partial charge in [-0.1, -0.05) is 30.3 Å². The molecule has 0 aliphatic carbocycles. The van der Waals surface area contributed by atoms with Crippen molar-refractivity contribution in [1.82, 2.24) is 25.6 Å². The third kappa shape index (κ3) is 5.03. The van der Waals surface area contributed by atoms with E-state index >= 15 is 0 Å². The number of carbonyl (C=O) groups is 2. The molecule has 3 aliphatic rings. The number of piperazine rings is 1. The normalized spacial score (nSPS) is 27.4. The van der Waals surface area contributed by atoms with Gasteiger partial charge in [-0.15, -0.1) is 0 Å².